The number of nitrogens with zero attached hydrogens (tertiary/aromatic N) is 2. The van der Waals surface area contributed by atoms with Gasteiger partial charge >= 0.3 is 6.16 Å². The normalized spacial score (nSPS) is 11.4. The number of rotatable bonds is 3. The van der Waals surface area contributed by atoms with Gasteiger partial charge in [-0.2, -0.15) is 5.10 Å². The number of ether oxygens (including phenoxy) is 2. The maximum Gasteiger partial charge on any atom is 0.514 e. The number of hydrogen-bond donors (Lipinski definition) is 0. The molecule has 1 heterocycles. The second kappa shape index (κ2) is 6.40. The molecule has 5 nitrogen and oxygen atoms in total. The van der Waals surface area contributed by atoms with Crippen molar-refractivity contribution >= 4 is 6.16 Å². The smallest absolute Gasteiger partial charge is 0.428 e. The minimum Gasteiger partial charge on any atom is -0.428 e. The quantitative estimate of drug-likeness (QED) is 0.796. The fraction of sp³-hybridized carbons (Fsp3) is 0.412. The predicted molar refractivity (Wildman–Crippen MR) is 84.5 cm³/mol. The first kappa shape index (κ1) is 17.0. The Labute approximate surface area is 135 Å². The molecule has 6 heteroatoms. The van der Waals surface area contributed by atoms with Crippen LogP contribution >= 0.6 is 0 Å². The van der Waals surface area contributed by atoms with Crippen LogP contribution in [0.25, 0.3) is 5.69 Å². The molecule has 0 amide bonds. The molecule has 0 unspecified atom stereocenters. The Bertz CT molecular complexity index is 700. The Morgan fingerprint density at radius 3 is 2.39 bits per heavy atom. The summed E-state index contributed by atoms with van der Waals surface area (Å²) in [6.45, 7) is 9.01. The minimum absolute atomic E-state index is 0.320. The molecular formula is C17H21FN2O3. The molecule has 0 saturated heterocycles. The van der Waals surface area contributed by atoms with Gasteiger partial charge in [0.05, 0.1) is 11.4 Å². The fourth-order valence-electron chi connectivity index (χ4n) is 2.10. The summed E-state index contributed by atoms with van der Waals surface area (Å²) in [7, 11) is 0. The topological polar surface area (TPSA) is 53.4 Å². The van der Waals surface area contributed by atoms with Gasteiger partial charge in [-0.3, -0.25) is 0 Å². The summed E-state index contributed by atoms with van der Waals surface area (Å²) in [4.78, 5) is 11.9. The van der Waals surface area contributed by atoms with E-state index in [-0.39, 0.29) is 5.82 Å². The predicted octanol–water partition coefficient (Wildman–Crippen LogP) is 4.20. The first-order valence-electron chi connectivity index (χ1n) is 7.46. The average Bonchev–Trinajstić information content (AvgIpc) is 2.75. The van der Waals surface area contributed by atoms with Gasteiger partial charge in [0, 0.05) is 0 Å². The van der Waals surface area contributed by atoms with Crippen LogP contribution < -0.4 is 4.74 Å². The molecule has 0 fully saturated rings. The molecule has 0 N–H and O–H groups in total. The van der Waals surface area contributed by atoms with Crippen LogP contribution in [0.3, 0.4) is 0 Å². The summed E-state index contributed by atoms with van der Waals surface area (Å²) in [5, 5.41) is 4.44. The highest BCUT2D eigenvalue weighted by Crippen LogP contribution is 2.27. The van der Waals surface area contributed by atoms with E-state index in [1.54, 1.807) is 44.5 Å². The highest BCUT2D eigenvalue weighted by Gasteiger charge is 2.23. The lowest BCUT2D eigenvalue weighted by molar-refractivity contribution is 0.0203. The van der Waals surface area contributed by atoms with E-state index in [1.165, 1.54) is 12.1 Å². The molecule has 0 bridgehead atoms. The maximum atomic E-state index is 13.1. The van der Waals surface area contributed by atoms with Crippen molar-refractivity contribution in [3.8, 4) is 11.4 Å². The molecule has 2 rings (SSSR count). The molecule has 23 heavy (non-hydrogen) atoms. The van der Waals surface area contributed by atoms with Crippen molar-refractivity contribution in [1.29, 1.82) is 0 Å². The number of aromatic nitrogens is 2. The van der Waals surface area contributed by atoms with Crippen molar-refractivity contribution < 1.29 is 18.7 Å². The van der Waals surface area contributed by atoms with E-state index in [1.807, 2.05) is 6.92 Å². The van der Waals surface area contributed by atoms with Crippen molar-refractivity contribution in [3.05, 3.63) is 41.5 Å². The molecular weight excluding hydrogens is 299 g/mol. The third-order valence-electron chi connectivity index (χ3n) is 3.11. The van der Waals surface area contributed by atoms with Gasteiger partial charge in [0.2, 0.25) is 0 Å². The Morgan fingerprint density at radius 1 is 1.26 bits per heavy atom. The van der Waals surface area contributed by atoms with Crippen LogP contribution in [0.4, 0.5) is 9.18 Å². The van der Waals surface area contributed by atoms with Gasteiger partial charge in [-0.1, -0.05) is 6.92 Å². The lowest BCUT2D eigenvalue weighted by Gasteiger charge is -2.18. The zero-order valence-corrected chi connectivity index (χ0v) is 14.0. The number of halogens is 1. The van der Waals surface area contributed by atoms with Crippen LogP contribution in [0, 0.1) is 12.7 Å². The summed E-state index contributed by atoms with van der Waals surface area (Å²) >= 11 is 0. The van der Waals surface area contributed by atoms with Crippen molar-refractivity contribution in [1.82, 2.24) is 9.78 Å². The van der Waals surface area contributed by atoms with Gasteiger partial charge in [-0.05, 0) is 58.4 Å². The summed E-state index contributed by atoms with van der Waals surface area (Å²) in [5.41, 5.74) is 1.35. The average molecular weight is 320 g/mol. The van der Waals surface area contributed by atoms with Gasteiger partial charge in [0.1, 0.15) is 17.1 Å². The Balaban J connectivity index is 2.33. The first-order chi connectivity index (χ1) is 10.7. The van der Waals surface area contributed by atoms with Crippen LogP contribution in [0.1, 0.15) is 39.1 Å². The third kappa shape index (κ3) is 4.09. The van der Waals surface area contributed by atoms with Crippen LogP contribution in [0.5, 0.6) is 5.75 Å². The van der Waals surface area contributed by atoms with Gasteiger partial charge in [0.15, 0.2) is 5.75 Å². The Morgan fingerprint density at radius 2 is 1.87 bits per heavy atom. The maximum absolute atomic E-state index is 13.1. The molecule has 0 aliphatic carbocycles. The van der Waals surface area contributed by atoms with E-state index in [4.69, 9.17) is 9.47 Å². The summed E-state index contributed by atoms with van der Waals surface area (Å²) < 4.78 is 25.2. The molecule has 124 valence electrons. The zero-order chi connectivity index (χ0) is 17.2. The Hall–Kier alpha value is -2.37. The van der Waals surface area contributed by atoms with Crippen LogP contribution in [-0.2, 0) is 11.2 Å². The lowest BCUT2D eigenvalue weighted by atomic mass is 10.2. The van der Waals surface area contributed by atoms with Gasteiger partial charge in [0.25, 0.3) is 0 Å². The molecule has 1 aromatic carbocycles. The SMILES string of the molecule is CCc1nn(-c2ccc(F)cc2)c(C)c1OC(=O)OC(C)(C)C. The number of aryl methyl sites for hydroxylation is 1. The van der Waals surface area contributed by atoms with Gasteiger partial charge < -0.3 is 9.47 Å². The largest absolute Gasteiger partial charge is 0.514 e. The highest BCUT2D eigenvalue weighted by molar-refractivity contribution is 5.65. The number of hydrogen-bond acceptors (Lipinski definition) is 4. The molecule has 0 aliphatic rings. The molecule has 0 radical (unpaired) electrons. The van der Waals surface area contributed by atoms with Crippen LogP contribution in [-0.4, -0.2) is 21.5 Å². The third-order valence-corrected chi connectivity index (χ3v) is 3.11. The van der Waals surface area contributed by atoms with Crippen LogP contribution in [0.2, 0.25) is 0 Å². The second-order valence-electron chi connectivity index (χ2n) is 6.17. The van der Waals surface area contributed by atoms with E-state index < -0.39 is 11.8 Å². The monoisotopic (exact) mass is 320 g/mol. The molecule has 0 aliphatic heterocycles. The van der Waals surface area contributed by atoms with Gasteiger partial charge in [-0.25, -0.2) is 13.9 Å². The van der Waals surface area contributed by atoms with E-state index in [0.29, 0.717) is 29.2 Å². The van der Waals surface area contributed by atoms with E-state index in [0.717, 1.165) is 0 Å². The first-order valence-corrected chi connectivity index (χ1v) is 7.46. The molecule has 0 atom stereocenters. The lowest BCUT2D eigenvalue weighted by Crippen LogP contribution is -2.26. The van der Waals surface area contributed by atoms with E-state index >= 15 is 0 Å². The van der Waals surface area contributed by atoms with Crippen molar-refractivity contribution in [2.45, 2.75) is 46.6 Å². The molecule has 0 saturated carbocycles. The standard InChI is InChI=1S/C17H21FN2O3/c1-6-14-15(22-16(21)23-17(3,4)5)11(2)20(19-14)13-9-7-12(18)8-10-13/h7-10H,6H2,1-5H3. The van der Waals surface area contributed by atoms with Crippen molar-refractivity contribution in [2.75, 3.05) is 0 Å². The number of carbonyl (C=O) groups excluding carboxylic acids is 1. The van der Waals surface area contributed by atoms with Crippen molar-refractivity contribution in [2.24, 2.45) is 0 Å². The molecule has 1 aromatic heterocycles. The molecule has 2 aromatic rings. The highest BCUT2D eigenvalue weighted by atomic mass is 19.1. The fourth-order valence-corrected chi connectivity index (χ4v) is 2.10. The summed E-state index contributed by atoms with van der Waals surface area (Å²) in [6, 6.07) is 5.95. The second-order valence-corrected chi connectivity index (χ2v) is 6.17. The summed E-state index contributed by atoms with van der Waals surface area (Å²) in [5.74, 6) is 0.0607. The molecule has 0 spiro atoms. The minimum atomic E-state index is -0.769. The van der Waals surface area contributed by atoms with Crippen LogP contribution in [0.15, 0.2) is 24.3 Å². The van der Waals surface area contributed by atoms with Gasteiger partial charge in [-0.15, -0.1) is 0 Å². The van der Waals surface area contributed by atoms with E-state index in [9.17, 15) is 9.18 Å². The van der Waals surface area contributed by atoms with Crippen molar-refractivity contribution in [3.63, 3.8) is 0 Å². The zero-order valence-electron chi connectivity index (χ0n) is 14.0. The number of carbonyl (C=O) groups is 1. The van der Waals surface area contributed by atoms with E-state index in [2.05, 4.69) is 5.10 Å². The Kier molecular flexibility index (Phi) is 4.73. The number of benzene rings is 1. The summed E-state index contributed by atoms with van der Waals surface area (Å²) in [6.07, 6.45) is -0.179.